The second kappa shape index (κ2) is 7.73. The molecule has 26 heavy (non-hydrogen) atoms. The van der Waals surface area contributed by atoms with E-state index in [0.29, 0.717) is 26.3 Å². The zero-order chi connectivity index (χ0) is 18.7. The van der Waals surface area contributed by atoms with Crippen LogP contribution in [0.5, 0.6) is 0 Å². The normalized spacial score (nSPS) is 19.6. The first kappa shape index (κ1) is 18.8. The highest BCUT2D eigenvalue weighted by Gasteiger charge is 2.28. The van der Waals surface area contributed by atoms with Gasteiger partial charge >= 0.3 is 5.97 Å². The average molecular weight is 382 g/mol. The lowest BCUT2D eigenvalue weighted by atomic mass is 10.2. The van der Waals surface area contributed by atoms with Crippen molar-refractivity contribution in [2.24, 2.45) is 0 Å². The minimum Gasteiger partial charge on any atom is -0.449 e. The summed E-state index contributed by atoms with van der Waals surface area (Å²) in [5, 5.41) is 2.76. The summed E-state index contributed by atoms with van der Waals surface area (Å²) in [6, 6.07) is 5.71. The van der Waals surface area contributed by atoms with E-state index in [1.54, 1.807) is 0 Å². The monoisotopic (exact) mass is 382 g/mol. The molecule has 1 aliphatic carbocycles. The molecular weight excluding hydrogens is 360 g/mol. The Kier molecular flexibility index (Phi) is 5.59. The van der Waals surface area contributed by atoms with Crippen LogP contribution in [-0.2, 0) is 24.3 Å². The first-order chi connectivity index (χ1) is 12.4. The quantitative estimate of drug-likeness (QED) is 0.720. The molecule has 0 radical (unpaired) electrons. The highest BCUT2D eigenvalue weighted by molar-refractivity contribution is 7.89. The molecule has 8 nitrogen and oxygen atoms in total. The summed E-state index contributed by atoms with van der Waals surface area (Å²) in [7, 11) is -3.61. The van der Waals surface area contributed by atoms with Gasteiger partial charge in [0.05, 0.1) is 23.7 Å². The van der Waals surface area contributed by atoms with Crippen LogP contribution in [0.3, 0.4) is 0 Å². The van der Waals surface area contributed by atoms with Gasteiger partial charge in [0.25, 0.3) is 5.91 Å². The van der Waals surface area contributed by atoms with E-state index >= 15 is 0 Å². The molecule has 1 aromatic rings. The third kappa shape index (κ3) is 4.40. The van der Waals surface area contributed by atoms with Crippen molar-refractivity contribution in [3.05, 3.63) is 29.8 Å². The number of sulfonamides is 1. The molecule has 1 N–H and O–H groups in total. The zero-order valence-electron chi connectivity index (χ0n) is 14.5. The van der Waals surface area contributed by atoms with E-state index < -0.39 is 22.1 Å². The fraction of sp³-hybridized carbons (Fsp3) is 0.529. The fourth-order valence-electron chi connectivity index (χ4n) is 2.53. The van der Waals surface area contributed by atoms with E-state index in [1.807, 2.05) is 0 Å². The number of carbonyl (C=O) groups is 2. The number of rotatable bonds is 6. The number of nitrogens with one attached hydrogen (secondary N) is 1. The smallest absolute Gasteiger partial charge is 0.338 e. The van der Waals surface area contributed by atoms with Gasteiger partial charge in [0.15, 0.2) is 6.10 Å². The topological polar surface area (TPSA) is 102 Å². The van der Waals surface area contributed by atoms with Crippen LogP contribution < -0.4 is 5.32 Å². The lowest BCUT2D eigenvalue weighted by Crippen LogP contribution is -2.40. The van der Waals surface area contributed by atoms with Gasteiger partial charge < -0.3 is 14.8 Å². The lowest BCUT2D eigenvalue weighted by Gasteiger charge is -2.26. The van der Waals surface area contributed by atoms with E-state index in [0.717, 1.165) is 12.8 Å². The van der Waals surface area contributed by atoms with Crippen LogP contribution in [0.4, 0.5) is 0 Å². The maximum absolute atomic E-state index is 12.5. The SMILES string of the molecule is C[C@H](OC(=O)c1ccc(S(=O)(=O)N2CCOCC2)cc1)C(=O)NC1CC1. The molecule has 0 unspecified atom stereocenters. The summed E-state index contributed by atoms with van der Waals surface area (Å²) >= 11 is 0. The Morgan fingerprint density at radius 3 is 2.38 bits per heavy atom. The zero-order valence-corrected chi connectivity index (χ0v) is 15.3. The van der Waals surface area contributed by atoms with Crippen molar-refractivity contribution in [1.82, 2.24) is 9.62 Å². The van der Waals surface area contributed by atoms with Crippen LogP contribution >= 0.6 is 0 Å². The molecule has 0 spiro atoms. The number of benzene rings is 1. The van der Waals surface area contributed by atoms with Crippen molar-refractivity contribution in [3.63, 3.8) is 0 Å². The van der Waals surface area contributed by atoms with Gasteiger partial charge in [-0.25, -0.2) is 13.2 Å². The predicted molar refractivity (Wildman–Crippen MR) is 92.1 cm³/mol. The largest absolute Gasteiger partial charge is 0.449 e. The minimum absolute atomic E-state index is 0.107. The summed E-state index contributed by atoms with van der Waals surface area (Å²) in [6.45, 7) is 2.85. The van der Waals surface area contributed by atoms with Gasteiger partial charge in [-0.15, -0.1) is 0 Å². The molecule has 9 heteroatoms. The van der Waals surface area contributed by atoms with Crippen LogP contribution in [0.25, 0.3) is 0 Å². The first-order valence-corrected chi connectivity index (χ1v) is 10.0. The van der Waals surface area contributed by atoms with Crippen molar-refractivity contribution in [1.29, 1.82) is 0 Å². The predicted octanol–water partition coefficient (Wildman–Crippen LogP) is 0.531. The lowest BCUT2D eigenvalue weighted by molar-refractivity contribution is -0.129. The van der Waals surface area contributed by atoms with Gasteiger partial charge in [-0.3, -0.25) is 4.79 Å². The molecule has 0 aromatic heterocycles. The molecule has 1 atom stereocenters. The molecule has 1 saturated heterocycles. The van der Waals surface area contributed by atoms with Gasteiger partial charge in [0.2, 0.25) is 10.0 Å². The van der Waals surface area contributed by atoms with Crippen LogP contribution in [0.1, 0.15) is 30.1 Å². The number of esters is 1. The highest BCUT2D eigenvalue weighted by atomic mass is 32.2. The Morgan fingerprint density at radius 1 is 1.19 bits per heavy atom. The van der Waals surface area contributed by atoms with E-state index in [9.17, 15) is 18.0 Å². The maximum atomic E-state index is 12.5. The fourth-order valence-corrected chi connectivity index (χ4v) is 3.94. The van der Waals surface area contributed by atoms with E-state index in [1.165, 1.54) is 35.5 Å². The van der Waals surface area contributed by atoms with Crippen molar-refractivity contribution in [3.8, 4) is 0 Å². The summed E-state index contributed by atoms with van der Waals surface area (Å²) in [4.78, 5) is 24.1. The number of hydrogen-bond donors (Lipinski definition) is 1. The van der Waals surface area contributed by atoms with Gasteiger partial charge in [-0.05, 0) is 44.0 Å². The number of carbonyl (C=O) groups excluding carboxylic acids is 2. The minimum atomic E-state index is -3.61. The summed E-state index contributed by atoms with van der Waals surface area (Å²) in [5.41, 5.74) is 0.192. The molecule has 3 rings (SSSR count). The van der Waals surface area contributed by atoms with Gasteiger partial charge in [-0.1, -0.05) is 0 Å². The van der Waals surface area contributed by atoms with Gasteiger partial charge in [-0.2, -0.15) is 4.31 Å². The molecule has 2 aliphatic rings. The highest BCUT2D eigenvalue weighted by Crippen LogP contribution is 2.20. The molecule has 1 aliphatic heterocycles. The maximum Gasteiger partial charge on any atom is 0.338 e. The van der Waals surface area contributed by atoms with Crippen LogP contribution in [0, 0.1) is 0 Å². The molecule has 1 heterocycles. The van der Waals surface area contributed by atoms with E-state index in [-0.39, 0.29) is 22.4 Å². The van der Waals surface area contributed by atoms with Crippen LogP contribution in [0.15, 0.2) is 29.2 Å². The van der Waals surface area contributed by atoms with E-state index in [2.05, 4.69) is 5.32 Å². The van der Waals surface area contributed by atoms with Crippen molar-refractivity contribution in [2.45, 2.75) is 36.8 Å². The first-order valence-electron chi connectivity index (χ1n) is 8.57. The summed E-state index contributed by atoms with van der Waals surface area (Å²) in [6.07, 6.45) is 0.997. The molecule has 2 fully saturated rings. The average Bonchev–Trinajstić information content (AvgIpc) is 3.46. The van der Waals surface area contributed by atoms with Gasteiger partial charge in [0.1, 0.15) is 0 Å². The van der Waals surface area contributed by atoms with Crippen molar-refractivity contribution < 1.29 is 27.5 Å². The number of amides is 1. The summed E-state index contributed by atoms with van der Waals surface area (Å²) in [5.74, 6) is -0.994. The number of hydrogen-bond acceptors (Lipinski definition) is 6. The van der Waals surface area contributed by atoms with E-state index in [4.69, 9.17) is 9.47 Å². The molecular formula is C17H22N2O6S. The van der Waals surface area contributed by atoms with Gasteiger partial charge in [0, 0.05) is 19.1 Å². The number of morpholine rings is 1. The molecule has 142 valence electrons. The van der Waals surface area contributed by atoms with Crippen LogP contribution in [-0.4, -0.2) is 63.0 Å². The molecule has 1 saturated carbocycles. The Hall–Kier alpha value is -1.97. The third-order valence-electron chi connectivity index (χ3n) is 4.27. The standard InChI is InChI=1S/C17H22N2O6S/c1-12(16(20)18-14-4-5-14)25-17(21)13-2-6-15(7-3-13)26(22,23)19-8-10-24-11-9-19/h2-3,6-7,12,14H,4-5,8-11H2,1H3,(H,18,20)/t12-/m0/s1. The Balaban J connectivity index is 1.62. The second-order valence-electron chi connectivity index (χ2n) is 6.37. The van der Waals surface area contributed by atoms with Crippen molar-refractivity contribution >= 4 is 21.9 Å². The third-order valence-corrected chi connectivity index (χ3v) is 6.19. The van der Waals surface area contributed by atoms with Crippen LogP contribution in [0.2, 0.25) is 0 Å². The Labute approximate surface area is 152 Å². The number of nitrogens with zero attached hydrogens (tertiary/aromatic N) is 1. The molecule has 1 aromatic carbocycles. The summed E-state index contributed by atoms with van der Waals surface area (Å²) < 4.78 is 36.8. The van der Waals surface area contributed by atoms with Crippen molar-refractivity contribution in [2.75, 3.05) is 26.3 Å². The second-order valence-corrected chi connectivity index (χ2v) is 8.31. The number of ether oxygens (including phenoxy) is 2. The molecule has 0 bridgehead atoms. The Bertz CT molecular complexity index is 767. The Morgan fingerprint density at radius 2 is 1.81 bits per heavy atom. The molecule has 1 amide bonds.